The molecule has 0 spiro atoms. The molecule has 3 heteroatoms. The van der Waals surface area contributed by atoms with Crippen LogP contribution in [0.5, 0.6) is 0 Å². The molecule has 0 saturated heterocycles. The summed E-state index contributed by atoms with van der Waals surface area (Å²) >= 11 is 0.847. The van der Waals surface area contributed by atoms with Gasteiger partial charge in [-0.15, -0.1) is 12.4 Å². The van der Waals surface area contributed by atoms with Crippen molar-refractivity contribution in [3.63, 3.8) is 0 Å². The van der Waals surface area contributed by atoms with Gasteiger partial charge in [0.15, 0.2) is 0 Å². The molecule has 0 heterocycles. The predicted octanol–water partition coefficient (Wildman–Crippen LogP) is 2.60. The molecule has 0 aliphatic carbocycles. The SMILES string of the molecule is Cl.[Cl][Zn+].[c-]1ccccc1. The average molecular weight is 214 g/mol. The Kier molecular flexibility index (Phi) is 15.2. The van der Waals surface area contributed by atoms with Gasteiger partial charge in [-0.25, -0.2) is 0 Å². The summed E-state index contributed by atoms with van der Waals surface area (Å²) in [7, 11) is 4.76. The number of rotatable bonds is 0. The molecule has 1 aromatic carbocycles. The van der Waals surface area contributed by atoms with Crippen molar-refractivity contribution >= 4 is 22.1 Å². The minimum atomic E-state index is 0. The van der Waals surface area contributed by atoms with E-state index >= 15 is 0 Å². The predicted molar refractivity (Wildman–Crippen MR) is 38.4 cm³/mol. The molecule has 0 amide bonds. The third-order valence-corrected chi connectivity index (χ3v) is 0.607. The Morgan fingerprint density at radius 3 is 1.56 bits per heavy atom. The molecule has 0 N–H and O–H groups in total. The van der Waals surface area contributed by atoms with Crippen LogP contribution in [-0.4, -0.2) is 0 Å². The molecule has 0 atom stereocenters. The number of hydrogen-bond donors (Lipinski definition) is 0. The van der Waals surface area contributed by atoms with E-state index in [-0.39, 0.29) is 12.4 Å². The zero-order chi connectivity index (χ0) is 6.24. The second kappa shape index (κ2) is 11.3. The Bertz CT molecular complexity index is 83.0. The van der Waals surface area contributed by atoms with E-state index in [1.165, 1.54) is 0 Å². The molecule has 1 aromatic rings. The first-order valence-corrected chi connectivity index (χ1v) is 6.08. The van der Waals surface area contributed by atoms with Crippen LogP contribution in [0.1, 0.15) is 0 Å². The zero-order valence-corrected chi connectivity index (χ0v) is 9.42. The summed E-state index contributed by atoms with van der Waals surface area (Å²) in [6.07, 6.45) is 0. The maximum Gasteiger partial charge on any atom is -0.171 e. The molecule has 0 aliphatic heterocycles. The maximum atomic E-state index is 4.76. The number of benzene rings is 1. The van der Waals surface area contributed by atoms with E-state index in [1.807, 2.05) is 30.3 Å². The molecular formula is C6H6Cl2Zn. The third kappa shape index (κ3) is 8.42. The van der Waals surface area contributed by atoms with Crippen molar-refractivity contribution in [3.8, 4) is 0 Å². The van der Waals surface area contributed by atoms with E-state index in [2.05, 4.69) is 6.07 Å². The van der Waals surface area contributed by atoms with Gasteiger partial charge in [-0.3, -0.25) is 0 Å². The summed E-state index contributed by atoms with van der Waals surface area (Å²) in [5.74, 6) is 0. The fraction of sp³-hybridized carbons (Fsp3) is 0. The van der Waals surface area contributed by atoms with Crippen LogP contribution in [0.25, 0.3) is 0 Å². The summed E-state index contributed by atoms with van der Waals surface area (Å²) < 4.78 is 0. The topological polar surface area (TPSA) is 0 Å². The first-order chi connectivity index (χ1) is 4.00. The van der Waals surface area contributed by atoms with Gasteiger partial charge in [-0.05, 0) is 0 Å². The Hall–Kier alpha value is 0.423. The summed E-state index contributed by atoms with van der Waals surface area (Å²) in [6.45, 7) is 0. The van der Waals surface area contributed by atoms with Crippen molar-refractivity contribution in [1.29, 1.82) is 0 Å². The minimum Gasteiger partial charge on any atom is -0.184 e. The molecule has 9 heavy (non-hydrogen) atoms. The first kappa shape index (κ1) is 12.1. The average Bonchev–Trinajstić information content (AvgIpc) is 1.96. The molecule has 0 aromatic heterocycles. The van der Waals surface area contributed by atoms with E-state index in [0.29, 0.717) is 0 Å². The third-order valence-electron chi connectivity index (χ3n) is 0.607. The van der Waals surface area contributed by atoms with E-state index in [9.17, 15) is 0 Å². The number of hydrogen-bond acceptors (Lipinski definition) is 0. The summed E-state index contributed by atoms with van der Waals surface area (Å²) in [5, 5.41) is 0. The molecule has 0 bridgehead atoms. The molecule has 1 rings (SSSR count). The minimum absolute atomic E-state index is 0. The van der Waals surface area contributed by atoms with Gasteiger partial charge in [-0.1, -0.05) is 0 Å². The van der Waals surface area contributed by atoms with Gasteiger partial charge < -0.3 is 0 Å². The molecule has 0 unspecified atom stereocenters. The Labute approximate surface area is 75.7 Å². The van der Waals surface area contributed by atoms with Crippen molar-refractivity contribution in [2.24, 2.45) is 0 Å². The van der Waals surface area contributed by atoms with Gasteiger partial charge in [0.1, 0.15) is 0 Å². The van der Waals surface area contributed by atoms with Crippen molar-refractivity contribution in [1.82, 2.24) is 0 Å². The van der Waals surface area contributed by atoms with Crippen LogP contribution in [-0.2, 0) is 17.3 Å². The van der Waals surface area contributed by atoms with E-state index in [1.54, 1.807) is 0 Å². The smallest absolute Gasteiger partial charge is 0.171 e. The van der Waals surface area contributed by atoms with Crippen LogP contribution < -0.4 is 0 Å². The maximum absolute atomic E-state index is 4.76. The number of halogens is 2. The fourth-order valence-corrected chi connectivity index (χ4v) is 0.342. The van der Waals surface area contributed by atoms with Crippen LogP contribution in [0.15, 0.2) is 30.3 Å². The van der Waals surface area contributed by atoms with Crippen molar-refractivity contribution in [3.05, 3.63) is 36.4 Å². The van der Waals surface area contributed by atoms with Crippen molar-refractivity contribution < 1.29 is 17.3 Å². The van der Waals surface area contributed by atoms with Crippen molar-refractivity contribution in [2.45, 2.75) is 0 Å². The summed E-state index contributed by atoms with van der Waals surface area (Å²) in [5.41, 5.74) is 0. The first-order valence-electron chi connectivity index (χ1n) is 2.18. The summed E-state index contributed by atoms with van der Waals surface area (Å²) in [6, 6.07) is 12.5. The van der Waals surface area contributed by atoms with Gasteiger partial charge in [-0.2, -0.15) is 36.4 Å². The molecule has 0 nitrogen and oxygen atoms in total. The molecule has 0 radical (unpaired) electrons. The standard InChI is InChI=1S/C6H5.2ClH.Zn/c1-2-4-6-5-3-1;;;/h1-5H;2*1H;/q-1;;;+2/p-1. The van der Waals surface area contributed by atoms with Crippen LogP contribution in [0, 0.1) is 6.07 Å². The van der Waals surface area contributed by atoms with Crippen molar-refractivity contribution in [2.75, 3.05) is 0 Å². The molecular weight excluding hydrogens is 208 g/mol. The van der Waals surface area contributed by atoms with E-state index in [0.717, 1.165) is 17.3 Å². The molecule has 46 valence electrons. The quantitative estimate of drug-likeness (QED) is 0.460. The Morgan fingerprint density at radius 2 is 1.44 bits per heavy atom. The van der Waals surface area contributed by atoms with E-state index < -0.39 is 0 Å². The van der Waals surface area contributed by atoms with Crippen LogP contribution in [0.4, 0.5) is 0 Å². The monoisotopic (exact) mass is 212 g/mol. The second-order valence-corrected chi connectivity index (χ2v) is 1.08. The van der Waals surface area contributed by atoms with Gasteiger partial charge >= 0.3 is 27.0 Å². The van der Waals surface area contributed by atoms with Crippen LogP contribution >= 0.6 is 22.1 Å². The van der Waals surface area contributed by atoms with Gasteiger partial charge in [0, 0.05) is 0 Å². The van der Waals surface area contributed by atoms with E-state index in [4.69, 9.17) is 9.69 Å². The Morgan fingerprint density at radius 1 is 1.00 bits per heavy atom. The van der Waals surface area contributed by atoms with Gasteiger partial charge in [0.05, 0.1) is 0 Å². The second-order valence-electron chi connectivity index (χ2n) is 1.08. The molecule has 0 saturated carbocycles. The van der Waals surface area contributed by atoms with Crippen LogP contribution in [0.3, 0.4) is 0 Å². The molecule has 0 aliphatic rings. The normalized spacial score (nSPS) is 6.11. The van der Waals surface area contributed by atoms with Crippen LogP contribution in [0.2, 0.25) is 0 Å². The molecule has 0 fully saturated rings. The summed E-state index contributed by atoms with van der Waals surface area (Å²) in [4.78, 5) is 0. The fourth-order valence-electron chi connectivity index (χ4n) is 0.342. The zero-order valence-electron chi connectivity index (χ0n) is 4.88. The Balaban J connectivity index is 0. The van der Waals surface area contributed by atoms with Gasteiger partial charge in [0.2, 0.25) is 0 Å². The van der Waals surface area contributed by atoms with Gasteiger partial charge in [0.25, 0.3) is 0 Å². The largest absolute Gasteiger partial charge is 0.184 e.